The third-order valence-electron chi connectivity index (χ3n) is 3.37. The van der Waals surface area contributed by atoms with Gasteiger partial charge < -0.3 is 9.64 Å². The number of morpholine rings is 1. The van der Waals surface area contributed by atoms with Gasteiger partial charge in [0.2, 0.25) is 0 Å². The smallest absolute Gasteiger partial charge is 0.253 e. The average Bonchev–Trinajstić information content (AvgIpc) is 2.48. The number of amides is 1. The van der Waals surface area contributed by atoms with Crippen molar-refractivity contribution in [2.24, 2.45) is 0 Å². The van der Waals surface area contributed by atoms with E-state index in [4.69, 9.17) is 27.9 Å². The van der Waals surface area contributed by atoms with Gasteiger partial charge in [0.1, 0.15) is 0 Å². The van der Waals surface area contributed by atoms with E-state index in [9.17, 15) is 4.79 Å². The molecule has 1 amide bonds. The second-order valence-corrected chi connectivity index (χ2v) is 5.62. The van der Waals surface area contributed by atoms with Crippen molar-refractivity contribution in [3.63, 3.8) is 0 Å². The first-order chi connectivity index (χ1) is 9.58. The highest BCUT2D eigenvalue weighted by Crippen LogP contribution is 2.23. The minimum Gasteiger partial charge on any atom is -0.379 e. The van der Waals surface area contributed by atoms with E-state index in [-0.39, 0.29) is 5.91 Å². The van der Waals surface area contributed by atoms with Gasteiger partial charge >= 0.3 is 0 Å². The Balaban J connectivity index is 1.89. The van der Waals surface area contributed by atoms with Crippen molar-refractivity contribution >= 4 is 29.1 Å². The van der Waals surface area contributed by atoms with E-state index >= 15 is 0 Å². The Bertz CT molecular complexity index is 476. The normalized spacial score (nSPS) is 16.1. The first kappa shape index (κ1) is 15.6. The fraction of sp³-hybridized carbons (Fsp3) is 0.500. The summed E-state index contributed by atoms with van der Waals surface area (Å²) in [4.78, 5) is 16.3. The standard InChI is InChI=1S/C14H18Cl2N2O2/c1-17(4-5-18-6-8-20-9-7-18)14(19)11-2-3-12(15)13(16)10-11/h2-3,10H,4-9H2,1H3. The maximum Gasteiger partial charge on any atom is 0.253 e. The summed E-state index contributed by atoms with van der Waals surface area (Å²) in [5.41, 5.74) is 0.559. The summed E-state index contributed by atoms with van der Waals surface area (Å²) in [6, 6.07) is 4.95. The van der Waals surface area contributed by atoms with E-state index in [2.05, 4.69) is 4.90 Å². The molecule has 0 N–H and O–H groups in total. The number of carbonyl (C=O) groups excluding carboxylic acids is 1. The Morgan fingerprint density at radius 3 is 2.65 bits per heavy atom. The summed E-state index contributed by atoms with van der Waals surface area (Å²) < 4.78 is 5.30. The van der Waals surface area contributed by atoms with Gasteiger partial charge in [-0.05, 0) is 18.2 Å². The highest BCUT2D eigenvalue weighted by molar-refractivity contribution is 6.42. The van der Waals surface area contributed by atoms with E-state index in [1.807, 2.05) is 0 Å². The number of hydrogen-bond donors (Lipinski definition) is 0. The van der Waals surface area contributed by atoms with E-state index in [1.54, 1.807) is 30.1 Å². The first-order valence-electron chi connectivity index (χ1n) is 6.58. The number of hydrogen-bond acceptors (Lipinski definition) is 3. The second-order valence-electron chi connectivity index (χ2n) is 4.81. The molecule has 0 radical (unpaired) electrons. The zero-order valence-corrected chi connectivity index (χ0v) is 13.0. The van der Waals surface area contributed by atoms with Crippen LogP contribution >= 0.6 is 23.2 Å². The van der Waals surface area contributed by atoms with Crippen molar-refractivity contribution in [2.75, 3.05) is 46.4 Å². The molecule has 110 valence electrons. The first-order valence-corrected chi connectivity index (χ1v) is 7.34. The molecule has 1 aliphatic rings. The Labute approximate surface area is 129 Å². The van der Waals surface area contributed by atoms with Crippen LogP contribution in [0, 0.1) is 0 Å². The summed E-state index contributed by atoms with van der Waals surface area (Å²) in [6.45, 7) is 4.92. The lowest BCUT2D eigenvalue weighted by atomic mass is 10.2. The molecule has 0 aliphatic carbocycles. The topological polar surface area (TPSA) is 32.8 Å². The molecule has 0 saturated carbocycles. The van der Waals surface area contributed by atoms with Gasteiger partial charge in [0.15, 0.2) is 0 Å². The van der Waals surface area contributed by atoms with Gasteiger partial charge in [0.25, 0.3) is 5.91 Å². The molecule has 0 bridgehead atoms. The van der Waals surface area contributed by atoms with Crippen LogP contribution in [0.1, 0.15) is 10.4 Å². The Hall–Kier alpha value is -0.810. The van der Waals surface area contributed by atoms with Crippen LogP contribution in [0.15, 0.2) is 18.2 Å². The van der Waals surface area contributed by atoms with Crippen LogP contribution in [0.4, 0.5) is 0 Å². The molecule has 0 unspecified atom stereocenters. The van der Waals surface area contributed by atoms with Gasteiger partial charge in [-0.1, -0.05) is 23.2 Å². The van der Waals surface area contributed by atoms with Crippen molar-refractivity contribution in [1.29, 1.82) is 0 Å². The molecule has 1 saturated heterocycles. The number of rotatable bonds is 4. The molecule has 1 aromatic carbocycles. The van der Waals surface area contributed by atoms with Crippen LogP contribution in [0.5, 0.6) is 0 Å². The van der Waals surface area contributed by atoms with Crippen molar-refractivity contribution in [3.8, 4) is 0 Å². The molecule has 20 heavy (non-hydrogen) atoms. The molecule has 1 heterocycles. The maximum absolute atomic E-state index is 12.3. The van der Waals surface area contributed by atoms with Crippen LogP contribution in [-0.4, -0.2) is 62.1 Å². The summed E-state index contributed by atoms with van der Waals surface area (Å²) in [5.74, 6) is -0.0446. The molecule has 1 fully saturated rings. The summed E-state index contributed by atoms with van der Waals surface area (Å²) in [5, 5.41) is 0.860. The molecule has 0 aromatic heterocycles. The van der Waals surface area contributed by atoms with Gasteiger partial charge in [-0.15, -0.1) is 0 Å². The minimum atomic E-state index is -0.0446. The molecular weight excluding hydrogens is 299 g/mol. The fourth-order valence-corrected chi connectivity index (χ4v) is 2.37. The Morgan fingerprint density at radius 1 is 1.30 bits per heavy atom. The van der Waals surface area contributed by atoms with Crippen LogP contribution in [0.2, 0.25) is 10.0 Å². The van der Waals surface area contributed by atoms with Crippen LogP contribution < -0.4 is 0 Å². The Morgan fingerprint density at radius 2 is 2.00 bits per heavy atom. The molecular formula is C14H18Cl2N2O2. The summed E-state index contributed by atoms with van der Waals surface area (Å²) >= 11 is 11.8. The molecule has 4 nitrogen and oxygen atoms in total. The van der Waals surface area contributed by atoms with Gasteiger partial charge in [0, 0.05) is 38.8 Å². The number of halogens is 2. The molecule has 1 aromatic rings. The van der Waals surface area contributed by atoms with Crippen LogP contribution in [0.25, 0.3) is 0 Å². The maximum atomic E-state index is 12.3. The number of benzene rings is 1. The van der Waals surface area contributed by atoms with Gasteiger partial charge in [-0.2, -0.15) is 0 Å². The molecule has 0 spiro atoms. The quantitative estimate of drug-likeness (QED) is 0.855. The van der Waals surface area contributed by atoms with Crippen molar-refractivity contribution in [3.05, 3.63) is 33.8 Å². The Kier molecular flexibility index (Phi) is 5.66. The summed E-state index contributed by atoms with van der Waals surface area (Å²) in [6.07, 6.45) is 0. The zero-order chi connectivity index (χ0) is 14.5. The zero-order valence-electron chi connectivity index (χ0n) is 11.4. The van der Waals surface area contributed by atoms with Crippen molar-refractivity contribution < 1.29 is 9.53 Å². The van der Waals surface area contributed by atoms with E-state index in [0.717, 1.165) is 32.8 Å². The van der Waals surface area contributed by atoms with Crippen LogP contribution in [0.3, 0.4) is 0 Å². The third-order valence-corrected chi connectivity index (χ3v) is 4.11. The van der Waals surface area contributed by atoms with E-state index in [1.165, 1.54) is 0 Å². The van der Waals surface area contributed by atoms with Gasteiger partial charge in [-0.3, -0.25) is 9.69 Å². The molecule has 1 aliphatic heterocycles. The van der Waals surface area contributed by atoms with Crippen LogP contribution in [-0.2, 0) is 4.74 Å². The fourth-order valence-electron chi connectivity index (χ4n) is 2.07. The van der Waals surface area contributed by atoms with Gasteiger partial charge in [-0.25, -0.2) is 0 Å². The van der Waals surface area contributed by atoms with Gasteiger partial charge in [0.05, 0.1) is 23.3 Å². The third kappa shape index (κ3) is 4.09. The van der Waals surface area contributed by atoms with Crippen molar-refractivity contribution in [2.45, 2.75) is 0 Å². The number of carbonyl (C=O) groups is 1. The highest BCUT2D eigenvalue weighted by Gasteiger charge is 2.15. The highest BCUT2D eigenvalue weighted by atomic mass is 35.5. The number of nitrogens with zero attached hydrogens (tertiary/aromatic N) is 2. The lowest BCUT2D eigenvalue weighted by Crippen LogP contribution is -2.41. The monoisotopic (exact) mass is 316 g/mol. The SMILES string of the molecule is CN(CCN1CCOCC1)C(=O)c1ccc(Cl)c(Cl)c1. The molecule has 2 rings (SSSR count). The predicted molar refractivity (Wildman–Crippen MR) is 80.7 cm³/mol. The number of ether oxygens (including phenoxy) is 1. The minimum absolute atomic E-state index is 0.0446. The number of likely N-dealkylation sites (N-methyl/N-ethyl adjacent to an activating group) is 1. The lowest BCUT2D eigenvalue weighted by molar-refractivity contribution is 0.0338. The second kappa shape index (κ2) is 7.27. The van der Waals surface area contributed by atoms with Crippen molar-refractivity contribution in [1.82, 2.24) is 9.80 Å². The van der Waals surface area contributed by atoms with E-state index in [0.29, 0.717) is 22.2 Å². The molecule has 6 heteroatoms. The lowest BCUT2D eigenvalue weighted by Gasteiger charge is -2.28. The molecule has 0 atom stereocenters. The summed E-state index contributed by atoms with van der Waals surface area (Å²) in [7, 11) is 1.80. The van der Waals surface area contributed by atoms with E-state index < -0.39 is 0 Å². The predicted octanol–water partition coefficient (Wildman–Crippen LogP) is 2.40. The largest absolute Gasteiger partial charge is 0.379 e. The average molecular weight is 317 g/mol.